The van der Waals surface area contributed by atoms with E-state index >= 15 is 0 Å². The minimum absolute atomic E-state index is 0.0194. The summed E-state index contributed by atoms with van der Waals surface area (Å²) in [6.07, 6.45) is 34.4. The maximum atomic E-state index is 14.7. The predicted molar refractivity (Wildman–Crippen MR) is 506 cm³/mol. The lowest BCUT2D eigenvalue weighted by Gasteiger charge is -2.47. The first kappa shape index (κ1) is 88.8. The predicted octanol–water partition coefficient (Wildman–Crippen LogP) is 19.4. The van der Waals surface area contributed by atoms with E-state index in [2.05, 4.69) is 71.2 Å². The fourth-order valence-corrected chi connectivity index (χ4v) is 26.2. The van der Waals surface area contributed by atoms with Crippen LogP contribution in [0, 0.1) is 52.4 Å². The summed E-state index contributed by atoms with van der Waals surface area (Å²) in [6, 6.07) is 42.4. The molecule has 5 aromatic carbocycles. The van der Waals surface area contributed by atoms with Gasteiger partial charge in [0.2, 0.25) is 0 Å². The van der Waals surface area contributed by atoms with Crippen molar-refractivity contribution >= 4 is 93.9 Å². The van der Waals surface area contributed by atoms with Gasteiger partial charge in [0, 0.05) is 77.4 Å². The van der Waals surface area contributed by atoms with Crippen molar-refractivity contribution in [2.75, 3.05) is 20.1 Å². The summed E-state index contributed by atoms with van der Waals surface area (Å²) in [5.74, 6) is 12.8. The monoisotopic (exact) mass is 1840 g/mol. The zero-order chi connectivity index (χ0) is 91.2. The van der Waals surface area contributed by atoms with Gasteiger partial charge in [-0.05, 0) is 362 Å². The number of aryl methyl sites for hydroxylation is 1. The van der Waals surface area contributed by atoms with Crippen molar-refractivity contribution in [3.05, 3.63) is 320 Å². The quantitative estimate of drug-likeness (QED) is 0.0312. The number of Topliss-reactive ketones (excluding diaryl/α,β-unsaturated/α-hetero) is 3. The molecule has 12 aromatic rings. The normalized spacial score (nSPS) is 22.7. The average molecular weight is 1840 g/mol. The molecule has 0 aliphatic heterocycles. The van der Waals surface area contributed by atoms with Crippen LogP contribution in [-0.4, -0.2) is 153 Å². The maximum Gasteiger partial charge on any atom is 0.191 e. The van der Waals surface area contributed by atoms with Crippen LogP contribution in [0.1, 0.15) is 204 Å². The molecule has 3 unspecified atom stereocenters. The van der Waals surface area contributed by atoms with Crippen LogP contribution in [0.3, 0.4) is 0 Å². The topological polar surface area (TPSA) is 222 Å². The summed E-state index contributed by atoms with van der Waals surface area (Å²) in [4.78, 5) is 59.4. The third-order valence-electron chi connectivity index (χ3n) is 28.4. The van der Waals surface area contributed by atoms with Gasteiger partial charge in [0.1, 0.15) is 40.4 Å². The number of halogens is 5. The summed E-state index contributed by atoms with van der Waals surface area (Å²) in [5, 5.41) is 19.0. The van der Waals surface area contributed by atoms with E-state index in [1.165, 1.54) is 91.9 Å². The van der Waals surface area contributed by atoms with Crippen LogP contribution < -0.4 is 0 Å². The Hall–Kier alpha value is -11.4. The van der Waals surface area contributed by atoms with Crippen LogP contribution >= 0.6 is 11.6 Å². The van der Waals surface area contributed by atoms with E-state index in [4.69, 9.17) is 11.6 Å². The van der Waals surface area contributed by atoms with Crippen LogP contribution in [0.15, 0.2) is 239 Å². The molecule has 6 saturated carbocycles. The number of hydrogen-bond acceptors (Lipinski definition) is 13. The number of hydrogen-bond donors (Lipinski definition) is 0. The molecule has 0 radical (unpaired) electrons. The molecule has 20 nitrogen and oxygen atoms in total. The van der Waals surface area contributed by atoms with E-state index in [0.29, 0.717) is 132 Å². The van der Waals surface area contributed by atoms with Crippen molar-refractivity contribution in [3.8, 4) is 17.1 Å². The second-order valence-corrected chi connectivity index (χ2v) is 43.9. The Morgan fingerprint density at radius 1 is 0.443 bits per heavy atom. The summed E-state index contributed by atoms with van der Waals surface area (Å²) in [5.41, 5.74) is 12.7. The number of pyridine rings is 3. The molecule has 674 valence electrons. The molecular weight excluding hydrogens is 1740 g/mol. The number of rotatable bonds is 24. The third kappa shape index (κ3) is 17.1. The lowest BCUT2D eigenvalue weighted by molar-refractivity contribution is 0.0737. The van der Waals surface area contributed by atoms with Crippen molar-refractivity contribution in [1.82, 2.24) is 67.0 Å². The first-order valence-electron chi connectivity index (χ1n) is 45.1. The summed E-state index contributed by atoms with van der Waals surface area (Å²) in [6.45, 7) is 7.70. The van der Waals surface area contributed by atoms with Gasteiger partial charge in [-0.2, -0.15) is 20.4 Å². The molecule has 28 heteroatoms. The zero-order valence-corrected chi connectivity index (χ0v) is 76.8. The summed E-state index contributed by atoms with van der Waals surface area (Å²) >= 11 is 6.13. The first-order chi connectivity index (χ1) is 63.0. The smallest absolute Gasteiger partial charge is 0.191 e. The number of benzene rings is 5. The molecule has 0 spiro atoms. The number of aromatic nitrogens is 11. The van der Waals surface area contributed by atoms with Gasteiger partial charge >= 0.3 is 0 Å². The van der Waals surface area contributed by atoms with Gasteiger partial charge in [-0.25, -0.2) is 57.1 Å². The van der Waals surface area contributed by atoms with E-state index in [1.54, 1.807) is 94.8 Å². The SMILES string of the molecule is C=S(=O)(c1ccc(Cl)cc1)N(CC)[C@H]1CCC2=Cc3c(cnn3-c3ccc(F)cc3)C[C@]2(C(=O)c2ccc(C3CC3)cn2)C1.C=S(=O)(c1ccc(F)cc1)N(CC)[C@H]1CCC2=Cc3c(cnn3-c3ccc(F)cc3)C[C@]2(C(=O)c2ccc(C3CC3)cn2)C1.C=S(=O)(c1cnn(CC2CC2)c1)N(C)[C@H]1CCC2=Cc3c(cnn3-c3ccc(F)cc3)C[C@]2(C(=O)c2cc(C)ccn2)C1. The standard InChI is InChI=1S/C35H34ClFN4O2S.C35H34F2N4O2S.C33H35FN6O2S/c1-3-40(44(2,43)31-15-8-27(36)9-16-31)30-12-7-26-18-33-25(22-39-41(33)29-13-10-28(37)11-14-29)19-35(26,20-30)34(42)32-17-6-24(21-38-32)23-4-5-23;1-3-40(44(2,43)31-15-10-28(37)11-16-31)30-12-7-26-18-33-25(22-39-41(33)29-13-8-27(36)9-14-29)19-35(26,20-30)34(42)32-17-6-24(21-38-32)23-4-5-23;1-22-12-13-35-30(14-22)32(41)33-16-24-18-37-40(27-10-7-26(34)8-11-27)31(24)15-25(33)6-9-28(17-33)38(2)43(3,42)29-19-36-39(21-29)20-23-4-5-23/h2*6,8-11,13-18,21-23,30H,2-5,7,12,19-20H2,1H3;7-8,10-15,18-19,21,23,28H,3-6,9,16-17,20H2,1-2H3/t2*30-,35-,44?;28-,33-,43?/m000/s1. The molecular formula is C103H103ClF4N14O6S3. The summed E-state index contributed by atoms with van der Waals surface area (Å²) in [7, 11) is -6.78. The Morgan fingerprint density at radius 2 is 0.824 bits per heavy atom. The van der Waals surface area contributed by atoms with Gasteiger partial charge in [-0.15, -0.1) is 0 Å². The number of carbonyl (C=O) groups excluding carboxylic acids is 3. The molecule has 0 saturated heterocycles. The van der Waals surface area contributed by atoms with Crippen molar-refractivity contribution < 1.29 is 44.6 Å². The van der Waals surface area contributed by atoms with Gasteiger partial charge < -0.3 is 0 Å². The molecule has 7 heterocycles. The molecule has 9 aliphatic carbocycles. The fourth-order valence-electron chi connectivity index (χ4n) is 20.8. The second-order valence-electron chi connectivity index (χ2n) is 36.7. The largest absolute Gasteiger partial charge is 0.291 e. The molecule has 0 bridgehead atoms. The average Bonchev–Trinajstić information content (AvgIpc) is 1.69. The third-order valence-corrected chi connectivity index (χ3v) is 35.4. The van der Waals surface area contributed by atoms with E-state index < -0.39 is 51.2 Å². The van der Waals surface area contributed by atoms with Gasteiger partial charge in [-0.3, -0.25) is 34.0 Å². The van der Waals surface area contributed by atoms with E-state index in [0.717, 1.165) is 111 Å². The molecule has 9 aliphatic rings. The Balaban J connectivity index is 0.000000127. The van der Waals surface area contributed by atoms with Crippen molar-refractivity contribution in [3.63, 3.8) is 0 Å². The second kappa shape index (κ2) is 35.3. The number of allylic oxidation sites excluding steroid dienone is 3. The van der Waals surface area contributed by atoms with Gasteiger partial charge in [-0.1, -0.05) is 54.3 Å². The van der Waals surface area contributed by atoms with E-state index in [9.17, 15) is 44.6 Å². The highest BCUT2D eigenvalue weighted by molar-refractivity contribution is 7.98. The van der Waals surface area contributed by atoms with Crippen molar-refractivity contribution in [1.29, 1.82) is 0 Å². The number of ketones is 3. The molecule has 7 aromatic heterocycles. The minimum atomic E-state index is -2.95. The molecule has 9 atom stereocenters. The zero-order valence-electron chi connectivity index (χ0n) is 73.6. The molecule has 0 N–H and O–H groups in total. The lowest BCUT2D eigenvalue weighted by Crippen LogP contribution is -2.50. The highest BCUT2D eigenvalue weighted by atomic mass is 35.5. The Labute approximate surface area is 767 Å². The maximum absolute atomic E-state index is 14.7. The van der Waals surface area contributed by atoms with Gasteiger partial charge in [0.05, 0.1) is 109 Å². The van der Waals surface area contributed by atoms with Crippen LogP contribution in [0.4, 0.5) is 17.6 Å². The number of fused-ring (bicyclic) bond motifs is 6. The van der Waals surface area contributed by atoms with Crippen LogP contribution in [0.2, 0.25) is 5.02 Å². The Bertz CT molecular complexity index is 6610. The van der Waals surface area contributed by atoms with E-state index in [-0.39, 0.29) is 52.9 Å². The molecule has 21 rings (SSSR count). The molecule has 131 heavy (non-hydrogen) atoms. The first-order valence-corrected chi connectivity index (χ1v) is 50.5. The number of carbonyl (C=O) groups is 3. The van der Waals surface area contributed by atoms with Gasteiger partial charge in [0.15, 0.2) is 17.3 Å². The Kier molecular flexibility index (Phi) is 23.9. The van der Waals surface area contributed by atoms with Crippen LogP contribution in [0.5, 0.6) is 0 Å². The minimum Gasteiger partial charge on any atom is -0.291 e. The van der Waals surface area contributed by atoms with Crippen molar-refractivity contribution in [2.45, 2.75) is 188 Å². The van der Waals surface area contributed by atoms with Crippen LogP contribution in [0.25, 0.3) is 35.3 Å². The molecule has 6 fully saturated rings. The van der Waals surface area contributed by atoms with Crippen LogP contribution in [-0.2, 0) is 54.9 Å². The lowest BCUT2D eigenvalue weighted by atomic mass is 9.60. The Morgan fingerprint density at radius 3 is 1.20 bits per heavy atom. The summed E-state index contributed by atoms with van der Waals surface area (Å²) < 4.78 is 111. The van der Waals surface area contributed by atoms with Gasteiger partial charge in [0.25, 0.3) is 0 Å². The number of nitrogens with zero attached hydrogens (tertiary/aromatic N) is 14. The highest BCUT2D eigenvalue weighted by Crippen LogP contribution is 2.56. The van der Waals surface area contributed by atoms with E-state index in [1.807, 2.05) is 111 Å². The molecule has 0 amide bonds. The van der Waals surface area contributed by atoms with Crippen molar-refractivity contribution in [2.24, 2.45) is 22.2 Å². The highest BCUT2D eigenvalue weighted by Gasteiger charge is 2.55. The fraction of sp³-hybridized carbons (Fsp3) is 0.330.